The van der Waals surface area contributed by atoms with E-state index in [0.29, 0.717) is 6.04 Å². The van der Waals surface area contributed by atoms with Crippen molar-refractivity contribution in [2.45, 2.75) is 19.4 Å². The first-order valence-electron chi connectivity index (χ1n) is 11.4. The second-order valence-electron chi connectivity index (χ2n) is 9.08. The van der Waals surface area contributed by atoms with Gasteiger partial charge in [-0.15, -0.1) is 0 Å². The molecular weight excluding hydrogens is 428 g/mol. The molecule has 168 valence electrons. The average molecular weight is 457 g/mol. The third kappa shape index (κ3) is 4.54. The number of rotatable bonds is 5. The molecule has 5 heteroatoms. The largest absolute Gasteiger partial charge is 0.370 e. The molecule has 4 aromatic rings. The van der Waals surface area contributed by atoms with Gasteiger partial charge in [-0.3, -0.25) is 4.98 Å². The molecule has 4 nitrogen and oxygen atoms in total. The van der Waals surface area contributed by atoms with Gasteiger partial charge in [-0.1, -0.05) is 23.7 Å². The van der Waals surface area contributed by atoms with Crippen LogP contribution in [-0.2, 0) is 0 Å². The molecule has 1 unspecified atom stereocenters. The SMILES string of the molecule is Cc1cc(-c2ccc3nccc(Nc4ccc(N5CCC(N(C)C)C5)cc4)c3c2)ccc1Cl. The minimum Gasteiger partial charge on any atom is -0.370 e. The summed E-state index contributed by atoms with van der Waals surface area (Å²) in [5.74, 6) is 0. The molecule has 1 aliphatic heterocycles. The minimum absolute atomic E-state index is 0.629. The zero-order valence-corrected chi connectivity index (χ0v) is 20.1. The van der Waals surface area contributed by atoms with Gasteiger partial charge in [0.25, 0.3) is 0 Å². The van der Waals surface area contributed by atoms with Gasteiger partial charge >= 0.3 is 0 Å². The molecule has 0 saturated carbocycles. The van der Waals surface area contributed by atoms with Gasteiger partial charge in [0.1, 0.15) is 0 Å². The topological polar surface area (TPSA) is 31.4 Å². The van der Waals surface area contributed by atoms with E-state index in [1.165, 1.54) is 12.1 Å². The Morgan fingerprint density at radius 1 is 0.970 bits per heavy atom. The van der Waals surface area contributed by atoms with Crippen molar-refractivity contribution in [3.05, 3.63) is 83.5 Å². The van der Waals surface area contributed by atoms with E-state index in [4.69, 9.17) is 11.6 Å². The fourth-order valence-electron chi connectivity index (χ4n) is 4.57. The average Bonchev–Trinajstić information content (AvgIpc) is 3.32. The van der Waals surface area contributed by atoms with Crippen LogP contribution in [0.1, 0.15) is 12.0 Å². The Balaban J connectivity index is 1.40. The number of benzene rings is 3. The Morgan fingerprint density at radius 3 is 2.45 bits per heavy atom. The Kier molecular flexibility index (Phi) is 5.96. The maximum absolute atomic E-state index is 6.23. The van der Waals surface area contributed by atoms with E-state index in [2.05, 4.69) is 88.8 Å². The first kappa shape index (κ1) is 21.7. The summed E-state index contributed by atoms with van der Waals surface area (Å²) in [5, 5.41) is 5.49. The Bertz CT molecular complexity index is 1280. The molecule has 1 fully saturated rings. The van der Waals surface area contributed by atoms with Crippen LogP contribution in [0.3, 0.4) is 0 Å². The summed E-state index contributed by atoms with van der Waals surface area (Å²) < 4.78 is 0. The second kappa shape index (κ2) is 9.05. The van der Waals surface area contributed by atoms with E-state index < -0.39 is 0 Å². The summed E-state index contributed by atoms with van der Waals surface area (Å²) in [4.78, 5) is 9.36. The van der Waals surface area contributed by atoms with Crippen molar-refractivity contribution in [2.24, 2.45) is 0 Å². The zero-order chi connectivity index (χ0) is 22.9. The predicted molar refractivity (Wildman–Crippen MR) is 141 cm³/mol. The third-order valence-corrected chi connectivity index (χ3v) is 7.06. The van der Waals surface area contributed by atoms with Gasteiger partial charge in [-0.05, 0) is 98.7 Å². The maximum atomic E-state index is 6.23. The lowest BCUT2D eigenvalue weighted by atomic mass is 10.0. The summed E-state index contributed by atoms with van der Waals surface area (Å²) >= 11 is 6.23. The predicted octanol–water partition coefficient (Wildman–Crippen LogP) is 6.75. The summed E-state index contributed by atoms with van der Waals surface area (Å²) in [7, 11) is 4.33. The highest BCUT2D eigenvalue weighted by molar-refractivity contribution is 6.31. The highest BCUT2D eigenvalue weighted by Gasteiger charge is 2.23. The molecule has 33 heavy (non-hydrogen) atoms. The van der Waals surface area contributed by atoms with Gasteiger partial charge in [0.15, 0.2) is 0 Å². The minimum atomic E-state index is 0.629. The van der Waals surface area contributed by atoms with Crippen molar-refractivity contribution in [3.8, 4) is 11.1 Å². The zero-order valence-electron chi connectivity index (χ0n) is 19.3. The number of pyridine rings is 1. The van der Waals surface area contributed by atoms with Crippen LogP contribution in [-0.4, -0.2) is 43.1 Å². The number of fused-ring (bicyclic) bond motifs is 1. The van der Waals surface area contributed by atoms with E-state index >= 15 is 0 Å². The van der Waals surface area contributed by atoms with Gasteiger partial charge in [-0.2, -0.15) is 0 Å². The first-order chi connectivity index (χ1) is 16.0. The molecule has 0 radical (unpaired) electrons. The van der Waals surface area contributed by atoms with Gasteiger partial charge in [0, 0.05) is 52.8 Å². The van der Waals surface area contributed by atoms with Crippen LogP contribution in [0.15, 0.2) is 72.9 Å². The number of nitrogens with zero attached hydrogens (tertiary/aromatic N) is 3. The van der Waals surface area contributed by atoms with E-state index in [1.807, 2.05) is 25.3 Å². The van der Waals surface area contributed by atoms with Crippen molar-refractivity contribution < 1.29 is 0 Å². The van der Waals surface area contributed by atoms with Crippen molar-refractivity contribution in [1.29, 1.82) is 0 Å². The number of halogens is 1. The van der Waals surface area contributed by atoms with Crippen molar-refractivity contribution in [2.75, 3.05) is 37.4 Å². The summed E-state index contributed by atoms with van der Waals surface area (Å²) in [6.45, 7) is 4.23. The van der Waals surface area contributed by atoms with Crippen LogP contribution in [0.4, 0.5) is 17.1 Å². The summed E-state index contributed by atoms with van der Waals surface area (Å²) in [6, 6.07) is 24.0. The fraction of sp³-hybridized carbons (Fsp3) is 0.250. The van der Waals surface area contributed by atoms with Crippen molar-refractivity contribution in [3.63, 3.8) is 0 Å². The second-order valence-corrected chi connectivity index (χ2v) is 9.49. The molecule has 5 rings (SSSR count). The molecule has 0 amide bonds. The van der Waals surface area contributed by atoms with Crippen LogP contribution in [0.2, 0.25) is 5.02 Å². The number of hydrogen-bond donors (Lipinski definition) is 1. The molecule has 2 heterocycles. The van der Waals surface area contributed by atoms with E-state index in [-0.39, 0.29) is 0 Å². The van der Waals surface area contributed by atoms with Crippen LogP contribution in [0, 0.1) is 6.92 Å². The molecule has 1 aliphatic rings. The lowest BCUT2D eigenvalue weighted by Gasteiger charge is -2.22. The maximum Gasteiger partial charge on any atom is 0.0723 e. The number of aryl methyl sites for hydroxylation is 1. The van der Waals surface area contributed by atoms with Crippen molar-refractivity contribution in [1.82, 2.24) is 9.88 Å². The van der Waals surface area contributed by atoms with Crippen LogP contribution in [0.5, 0.6) is 0 Å². The van der Waals surface area contributed by atoms with E-state index in [0.717, 1.165) is 57.1 Å². The Labute approximate surface area is 200 Å². The smallest absolute Gasteiger partial charge is 0.0723 e. The molecule has 1 atom stereocenters. The molecule has 1 N–H and O–H groups in total. The summed E-state index contributed by atoms with van der Waals surface area (Å²) in [6.07, 6.45) is 3.07. The molecule has 3 aromatic carbocycles. The lowest BCUT2D eigenvalue weighted by molar-refractivity contribution is 0.315. The molecule has 1 saturated heterocycles. The highest BCUT2D eigenvalue weighted by Crippen LogP contribution is 2.32. The first-order valence-corrected chi connectivity index (χ1v) is 11.8. The lowest BCUT2D eigenvalue weighted by Crippen LogP contribution is -2.31. The Morgan fingerprint density at radius 2 is 1.73 bits per heavy atom. The number of hydrogen-bond acceptors (Lipinski definition) is 4. The number of anilines is 3. The summed E-state index contributed by atoms with van der Waals surface area (Å²) in [5.41, 5.74) is 7.76. The third-order valence-electron chi connectivity index (χ3n) is 6.64. The van der Waals surface area contributed by atoms with Gasteiger partial charge in [-0.25, -0.2) is 0 Å². The van der Waals surface area contributed by atoms with E-state index in [1.54, 1.807) is 0 Å². The molecule has 0 spiro atoms. The van der Waals surface area contributed by atoms with Crippen LogP contribution in [0.25, 0.3) is 22.0 Å². The van der Waals surface area contributed by atoms with E-state index in [9.17, 15) is 0 Å². The standard InChI is InChI=1S/C28H29ClN4/c1-19-16-20(4-10-26(19)29)21-5-11-27-25(17-21)28(12-14-30-27)31-22-6-8-23(9-7-22)33-15-13-24(18-33)32(2)3/h4-12,14,16-17,24H,13,15,18H2,1-3H3,(H,30,31). The van der Waals surface area contributed by atoms with Crippen LogP contribution < -0.4 is 10.2 Å². The molecular formula is C28H29ClN4. The number of nitrogens with one attached hydrogen (secondary N) is 1. The van der Waals surface area contributed by atoms with Crippen molar-refractivity contribution >= 4 is 39.6 Å². The molecule has 0 bridgehead atoms. The van der Waals surface area contributed by atoms with Gasteiger partial charge in [0.05, 0.1) is 5.52 Å². The quantitative estimate of drug-likeness (QED) is 0.360. The Hall–Kier alpha value is -3.08. The van der Waals surface area contributed by atoms with Gasteiger partial charge in [0.2, 0.25) is 0 Å². The molecule has 1 aromatic heterocycles. The normalized spacial score (nSPS) is 16.0. The highest BCUT2D eigenvalue weighted by atomic mass is 35.5. The monoisotopic (exact) mass is 456 g/mol. The fourth-order valence-corrected chi connectivity index (χ4v) is 4.69. The van der Waals surface area contributed by atoms with Crippen LogP contribution >= 0.6 is 11.6 Å². The molecule has 0 aliphatic carbocycles. The number of likely N-dealkylation sites (N-methyl/N-ethyl adjacent to an activating group) is 1. The van der Waals surface area contributed by atoms with Gasteiger partial charge < -0.3 is 15.1 Å². The number of aromatic nitrogens is 1.